The Morgan fingerprint density at radius 2 is 2.13 bits per heavy atom. The van der Waals surface area contributed by atoms with Gasteiger partial charge in [-0.3, -0.25) is 0 Å². The second-order valence-corrected chi connectivity index (χ2v) is 6.17. The molecule has 1 saturated heterocycles. The van der Waals surface area contributed by atoms with Crippen LogP contribution in [0.15, 0.2) is 24.3 Å². The van der Waals surface area contributed by atoms with Crippen LogP contribution in [-0.4, -0.2) is 46.4 Å². The summed E-state index contributed by atoms with van der Waals surface area (Å²) in [5.41, 5.74) is 1.68. The van der Waals surface area contributed by atoms with Crippen molar-refractivity contribution in [1.29, 1.82) is 0 Å². The third-order valence-corrected chi connectivity index (χ3v) is 4.18. The van der Waals surface area contributed by atoms with Crippen LogP contribution in [0.4, 0.5) is 10.2 Å². The van der Waals surface area contributed by atoms with E-state index >= 15 is 0 Å². The monoisotopic (exact) mass is 316 g/mol. The van der Waals surface area contributed by atoms with Gasteiger partial charge in [-0.2, -0.15) is 0 Å². The number of benzene rings is 1. The lowest BCUT2D eigenvalue weighted by Gasteiger charge is -2.30. The van der Waals surface area contributed by atoms with Gasteiger partial charge in [-0.25, -0.2) is 4.39 Å². The van der Waals surface area contributed by atoms with Crippen LogP contribution in [0.25, 0.3) is 11.3 Å². The zero-order valence-electron chi connectivity index (χ0n) is 13.4. The molecule has 0 amide bonds. The fourth-order valence-electron chi connectivity index (χ4n) is 3.09. The van der Waals surface area contributed by atoms with Crippen molar-refractivity contribution in [3.8, 4) is 17.0 Å². The maximum absolute atomic E-state index is 13.3. The number of aromatic hydroxyl groups is 1. The summed E-state index contributed by atoms with van der Waals surface area (Å²) in [6, 6.07) is 6.48. The van der Waals surface area contributed by atoms with Gasteiger partial charge < -0.3 is 15.3 Å². The Morgan fingerprint density at radius 3 is 2.78 bits per heavy atom. The Balaban J connectivity index is 1.77. The van der Waals surface area contributed by atoms with E-state index < -0.39 is 5.82 Å². The summed E-state index contributed by atoms with van der Waals surface area (Å²) in [6.07, 6.45) is 2.29. The Hall–Kier alpha value is -2.21. The molecule has 0 saturated carbocycles. The first-order valence-corrected chi connectivity index (χ1v) is 7.81. The van der Waals surface area contributed by atoms with Crippen LogP contribution < -0.4 is 5.32 Å². The maximum atomic E-state index is 13.3. The lowest BCUT2D eigenvalue weighted by Crippen LogP contribution is -2.39. The maximum Gasteiger partial charge on any atom is 0.148 e. The molecular formula is C17H21FN4O. The van der Waals surface area contributed by atoms with Gasteiger partial charge in [0.15, 0.2) is 0 Å². The number of phenolic OH excluding ortho intramolecular Hbond substituents is 1. The molecule has 5 nitrogen and oxygen atoms in total. The number of halogens is 1. The number of phenols is 1. The number of nitrogens with one attached hydrogen (secondary N) is 1. The molecular weight excluding hydrogens is 295 g/mol. The summed E-state index contributed by atoms with van der Waals surface area (Å²) < 4.78 is 13.3. The molecule has 0 bridgehead atoms. The average molecular weight is 316 g/mol. The van der Waals surface area contributed by atoms with Crippen LogP contribution in [-0.2, 0) is 0 Å². The number of aromatic nitrogens is 2. The molecule has 2 N–H and O–H groups in total. The van der Waals surface area contributed by atoms with Crippen LogP contribution in [0.5, 0.6) is 5.75 Å². The number of hydrogen-bond acceptors (Lipinski definition) is 5. The fraction of sp³-hybridized carbons (Fsp3) is 0.412. The molecule has 122 valence electrons. The van der Waals surface area contributed by atoms with Crippen LogP contribution in [0.1, 0.15) is 18.4 Å². The SMILES string of the molecule is Cc1cc(F)cc(O)c1-c1ccc(N[C@@H]2CCCN(C)C2)nn1. The van der Waals surface area contributed by atoms with Gasteiger partial charge in [0.2, 0.25) is 0 Å². The Kier molecular flexibility index (Phi) is 4.43. The molecule has 1 aliphatic rings. The molecule has 0 spiro atoms. The van der Waals surface area contributed by atoms with Crippen LogP contribution in [0.2, 0.25) is 0 Å². The van der Waals surface area contributed by atoms with Crippen LogP contribution >= 0.6 is 0 Å². The lowest BCUT2D eigenvalue weighted by atomic mass is 10.0. The lowest BCUT2D eigenvalue weighted by molar-refractivity contribution is 0.260. The molecule has 0 radical (unpaired) electrons. The summed E-state index contributed by atoms with van der Waals surface area (Å²) in [5, 5.41) is 21.7. The number of piperidine rings is 1. The van der Waals surface area contributed by atoms with Crippen molar-refractivity contribution in [2.75, 3.05) is 25.5 Å². The molecule has 23 heavy (non-hydrogen) atoms. The largest absolute Gasteiger partial charge is 0.507 e. The average Bonchev–Trinajstić information content (AvgIpc) is 2.48. The van der Waals surface area contributed by atoms with E-state index in [4.69, 9.17) is 0 Å². The van der Waals surface area contributed by atoms with Crippen molar-refractivity contribution in [1.82, 2.24) is 15.1 Å². The summed E-state index contributed by atoms with van der Waals surface area (Å²) >= 11 is 0. The van der Waals surface area contributed by atoms with E-state index in [1.165, 1.54) is 12.5 Å². The Bertz CT molecular complexity index is 666. The fourth-order valence-corrected chi connectivity index (χ4v) is 3.09. The smallest absolute Gasteiger partial charge is 0.148 e. The van der Waals surface area contributed by atoms with Crippen molar-refractivity contribution < 1.29 is 9.50 Å². The van der Waals surface area contributed by atoms with Crippen molar-refractivity contribution in [3.05, 3.63) is 35.6 Å². The summed E-state index contributed by atoms with van der Waals surface area (Å²) in [5.74, 6) is 0.135. The van der Waals surface area contributed by atoms with Gasteiger partial charge in [0.05, 0.1) is 5.69 Å². The highest BCUT2D eigenvalue weighted by molar-refractivity contribution is 5.70. The first-order valence-electron chi connectivity index (χ1n) is 7.81. The molecule has 1 fully saturated rings. The standard InChI is InChI=1S/C17H21FN4O/c1-11-8-12(18)9-15(23)17(11)14-5-6-16(21-20-14)19-13-4-3-7-22(2)10-13/h5-6,8-9,13,23H,3-4,7,10H2,1-2H3,(H,19,21)/t13-/m1/s1. The molecule has 1 aromatic carbocycles. The van der Waals surface area contributed by atoms with E-state index in [1.54, 1.807) is 13.0 Å². The first kappa shape index (κ1) is 15.7. The first-order chi connectivity index (χ1) is 11.0. The Labute approximate surface area is 135 Å². The van der Waals surface area contributed by atoms with Gasteiger partial charge in [0, 0.05) is 24.2 Å². The van der Waals surface area contributed by atoms with E-state index in [2.05, 4.69) is 27.5 Å². The Morgan fingerprint density at radius 1 is 1.30 bits per heavy atom. The minimum absolute atomic E-state index is 0.119. The molecule has 2 aromatic rings. The number of nitrogens with zero attached hydrogens (tertiary/aromatic N) is 3. The van der Waals surface area contributed by atoms with Gasteiger partial charge >= 0.3 is 0 Å². The zero-order chi connectivity index (χ0) is 16.4. The van der Waals surface area contributed by atoms with Gasteiger partial charge in [-0.1, -0.05) is 0 Å². The highest BCUT2D eigenvalue weighted by Gasteiger charge is 2.18. The van der Waals surface area contributed by atoms with E-state index in [1.807, 2.05) is 6.07 Å². The van der Waals surface area contributed by atoms with Crippen molar-refractivity contribution in [2.45, 2.75) is 25.8 Å². The predicted molar refractivity (Wildman–Crippen MR) is 88.0 cm³/mol. The summed E-state index contributed by atoms with van der Waals surface area (Å²) in [7, 11) is 2.11. The van der Waals surface area contributed by atoms with Gasteiger partial charge in [0.1, 0.15) is 17.4 Å². The van der Waals surface area contributed by atoms with Crippen LogP contribution in [0.3, 0.4) is 0 Å². The third kappa shape index (κ3) is 3.59. The number of likely N-dealkylation sites (N-methyl/N-ethyl adjacent to an activating group) is 1. The van der Waals surface area contributed by atoms with E-state index in [0.717, 1.165) is 25.6 Å². The molecule has 0 aliphatic carbocycles. The molecule has 2 heterocycles. The van der Waals surface area contributed by atoms with Crippen molar-refractivity contribution in [2.24, 2.45) is 0 Å². The quantitative estimate of drug-likeness (QED) is 0.912. The minimum Gasteiger partial charge on any atom is -0.507 e. The second kappa shape index (κ2) is 6.50. The van der Waals surface area contributed by atoms with Crippen molar-refractivity contribution >= 4 is 5.82 Å². The number of aryl methyl sites for hydroxylation is 1. The number of hydrogen-bond donors (Lipinski definition) is 2. The minimum atomic E-state index is -0.462. The molecule has 6 heteroatoms. The normalized spacial score (nSPS) is 18.8. The third-order valence-electron chi connectivity index (χ3n) is 4.18. The highest BCUT2D eigenvalue weighted by Crippen LogP contribution is 2.32. The van der Waals surface area contributed by atoms with E-state index in [0.29, 0.717) is 28.7 Å². The van der Waals surface area contributed by atoms with E-state index in [9.17, 15) is 9.50 Å². The predicted octanol–water partition coefficient (Wildman–Crippen LogP) is 2.80. The van der Waals surface area contributed by atoms with Gasteiger partial charge in [-0.15, -0.1) is 10.2 Å². The number of likely N-dealkylation sites (tertiary alicyclic amines) is 1. The summed E-state index contributed by atoms with van der Waals surface area (Å²) in [6.45, 7) is 3.86. The zero-order valence-corrected chi connectivity index (χ0v) is 13.4. The van der Waals surface area contributed by atoms with Gasteiger partial charge in [-0.05, 0) is 57.1 Å². The summed E-state index contributed by atoms with van der Waals surface area (Å²) in [4.78, 5) is 2.29. The number of anilines is 1. The van der Waals surface area contributed by atoms with E-state index in [-0.39, 0.29) is 5.75 Å². The molecule has 0 unspecified atom stereocenters. The topological polar surface area (TPSA) is 61.3 Å². The van der Waals surface area contributed by atoms with Gasteiger partial charge in [0.25, 0.3) is 0 Å². The molecule has 3 rings (SSSR count). The molecule has 1 aromatic heterocycles. The molecule has 1 aliphatic heterocycles. The second-order valence-electron chi connectivity index (χ2n) is 6.17. The number of rotatable bonds is 3. The van der Waals surface area contributed by atoms with Crippen molar-refractivity contribution in [3.63, 3.8) is 0 Å². The van der Waals surface area contributed by atoms with Crippen LogP contribution in [0, 0.1) is 12.7 Å². The highest BCUT2D eigenvalue weighted by atomic mass is 19.1. The molecule has 1 atom stereocenters.